The van der Waals surface area contributed by atoms with Gasteiger partial charge in [0.1, 0.15) is 0 Å². The second-order valence-electron chi connectivity index (χ2n) is 3.49. The highest BCUT2D eigenvalue weighted by atomic mass is 16.5. The predicted octanol–water partition coefficient (Wildman–Crippen LogP) is 1.06. The van der Waals surface area contributed by atoms with Crippen LogP contribution in [0.1, 0.15) is 26.2 Å². The molecule has 0 fully saturated rings. The Morgan fingerprint density at radius 1 is 1.29 bits per heavy atom. The Morgan fingerprint density at radius 3 is 2.29 bits per heavy atom. The fourth-order valence-electron chi connectivity index (χ4n) is 1.25. The fraction of sp³-hybridized carbons (Fsp3) is 0.545. The molecule has 0 rings (SSSR count). The Morgan fingerprint density at radius 2 is 1.88 bits per heavy atom. The van der Waals surface area contributed by atoms with E-state index in [9.17, 15) is 14.4 Å². The van der Waals surface area contributed by atoms with Gasteiger partial charge in [-0.2, -0.15) is 0 Å². The van der Waals surface area contributed by atoms with Gasteiger partial charge in [-0.05, 0) is 19.8 Å². The quantitative estimate of drug-likeness (QED) is 0.489. The maximum Gasteiger partial charge on any atom is 0.330 e. The number of hydrogen-bond donors (Lipinski definition) is 2. The van der Waals surface area contributed by atoms with E-state index in [2.05, 4.69) is 6.58 Å². The fourth-order valence-corrected chi connectivity index (χ4v) is 1.25. The van der Waals surface area contributed by atoms with Crippen molar-refractivity contribution in [3.63, 3.8) is 0 Å². The number of carboxylic acid groups (broad SMARTS) is 2. The van der Waals surface area contributed by atoms with Crippen molar-refractivity contribution in [3.05, 3.63) is 12.2 Å². The molecule has 1 unspecified atom stereocenters. The largest absolute Gasteiger partial charge is 0.481 e. The summed E-state index contributed by atoms with van der Waals surface area (Å²) in [5, 5.41) is 17.2. The SMILES string of the molecule is C=C(CC(CCC(=O)O)C(=O)OCC)C(=O)O. The molecule has 0 saturated heterocycles. The Kier molecular flexibility index (Phi) is 6.62. The highest BCUT2D eigenvalue weighted by Gasteiger charge is 2.23. The smallest absolute Gasteiger partial charge is 0.330 e. The molecule has 0 aromatic rings. The summed E-state index contributed by atoms with van der Waals surface area (Å²) in [6, 6.07) is 0. The van der Waals surface area contributed by atoms with Gasteiger partial charge in [0.05, 0.1) is 12.5 Å². The van der Waals surface area contributed by atoms with Gasteiger partial charge < -0.3 is 14.9 Å². The van der Waals surface area contributed by atoms with E-state index in [0.29, 0.717) is 0 Å². The maximum atomic E-state index is 11.5. The van der Waals surface area contributed by atoms with Gasteiger partial charge >= 0.3 is 17.9 Å². The molecule has 0 aromatic heterocycles. The van der Waals surface area contributed by atoms with Gasteiger partial charge in [0.25, 0.3) is 0 Å². The summed E-state index contributed by atoms with van der Waals surface area (Å²) in [5.41, 5.74) is -0.131. The van der Waals surface area contributed by atoms with Gasteiger partial charge in [-0.15, -0.1) is 0 Å². The van der Waals surface area contributed by atoms with Crippen LogP contribution in [-0.2, 0) is 19.1 Å². The van der Waals surface area contributed by atoms with Gasteiger partial charge in [0, 0.05) is 12.0 Å². The lowest BCUT2D eigenvalue weighted by molar-refractivity contribution is -0.148. The minimum atomic E-state index is -1.20. The standard InChI is InChI=1S/C11H16O6/c1-3-17-11(16)8(4-5-9(12)13)6-7(2)10(14)15/h8H,2-6H2,1H3,(H,12,13)(H,14,15). The van der Waals surface area contributed by atoms with Gasteiger partial charge in [-0.3, -0.25) is 9.59 Å². The van der Waals surface area contributed by atoms with Crippen molar-refractivity contribution in [3.8, 4) is 0 Å². The van der Waals surface area contributed by atoms with Crippen LogP contribution in [0.3, 0.4) is 0 Å². The second-order valence-corrected chi connectivity index (χ2v) is 3.49. The summed E-state index contributed by atoms with van der Waals surface area (Å²) >= 11 is 0. The predicted molar refractivity (Wildman–Crippen MR) is 58.4 cm³/mol. The van der Waals surface area contributed by atoms with Crippen molar-refractivity contribution in [2.24, 2.45) is 5.92 Å². The number of carboxylic acids is 2. The van der Waals surface area contributed by atoms with Crippen molar-refractivity contribution in [1.82, 2.24) is 0 Å². The first-order valence-electron chi connectivity index (χ1n) is 5.18. The van der Waals surface area contributed by atoms with Crippen molar-refractivity contribution >= 4 is 17.9 Å². The number of ether oxygens (including phenoxy) is 1. The highest BCUT2D eigenvalue weighted by molar-refractivity contribution is 5.87. The first kappa shape index (κ1) is 15.2. The van der Waals surface area contributed by atoms with E-state index in [1.807, 2.05) is 0 Å². The first-order valence-corrected chi connectivity index (χ1v) is 5.18. The monoisotopic (exact) mass is 244 g/mol. The molecule has 0 aliphatic heterocycles. The lowest BCUT2D eigenvalue weighted by atomic mass is 9.95. The van der Waals surface area contributed by atoms with E-state index in [1.54, 1.807) is 6.92 Å². The summed E-state index contributed by atoms with van der Waals surface area (Å²) in [6.07, 6.45) is -0.266. The van der Waals surface area contributed by atoms with Crippen molar-refractivity contribution < 1.29 is 29.3 Å². The van der Waals surface area contributed by atoms with Crippen LogP contribution in [0.5, 0.6) is 0 Å². The topological polar surface area (TPSA) is 101 Å². The van der Waals surface area contributed by atoms with E-state index in [-0.39, 0.29) is 31.4 Å². The Bertz CT molecular complexity index is 320. The van der Waals surface area contributed by atoms with E-state index >= 15 is 0 Å². The third-order valence-corrected chi connectivity index (χ3v) is 2.12. The molecule has 0 heterocycles. The molecule has 6 heteroatoms. The summed E-state index contributed by atoms with van der Waals surface area (Å²) in [4.78, 5) is 32.5. The molecule has 1 atom stereocenters. The first-order chi connectivity index (χ1) is 7.88. The molecule has 0 bridgehead atoms. The van der Waals surface area contributed by atoms with Crippen LogP contribution in [0.15, 0.2) is 12.2 Å². The molecule has 0 aromatic carbocycles. The summed E-state index contributed by atoms with van der Waals surface area (Å²) in [5.74, 6) is -3.60. The van der Waals surface area contributed by atoms with E-state index in [4.69, 9.17) is 14.9 Å². The molecular weight excluding hydrogens is 228 g/mol. The van der Waals surface area contributed by atoms with Gasteiger partial charge in [-0.25, -0.2) is 4.79 Å². The van der Waals surface area contributed by atoms with Crippen molar-refractivity contribution in [2.45, 2.75) is 26.2 Å². The second kappa shape index (κ2) is 7.43. The molecule has 6 nitrogen and oxygen atoms in total. The van der Waals surface area contributed by atoms with Crippen LogP contribution in [0.4, 0.5) is 0 Å². The number of hydrogen-bond acceptors (Lipinski definition) is 4. The van der Waals surface area contributed by atoms with Gasteiger partial charge in [-0.1, -0.05) is 6.58 Å². The van der Waals surface area contributed by atoms with E-state index in [1.165, 1.54) is 0 Å². The van der Waals surface area contributed by atoms with Crippen LogP contribution in [0, 0.1) is 5.92 Å². The zero-order valence-electron chi connectivity index (χ0n) is 9.64. The Labute approximate surface area is 98.9 Å². The average Bonchev–Trinajstić information content (AvgIpc) is 2.23. The highest BCUT2D eigenvalue weighted by Crippen LogP contribution is 2.18. The van der Waals surface area contributed by atoms with Crippen LogP contribution < -0.4 is 0 Å². The van der Waals surface area contributed by atoms with Gasteiger partial charge in [0.15, 0.2) is 0 Å². The van der Waals surface area contributed by atoms with Crippen LogP contribution >= 0.6 is 0 Å². The van der Waals surface area contributed by atoms with Crippen LogP contribution in [0.2, 0.25) is 0 Å². The summed E-state index contributed by atoms with van der Waals surface area (Å²) in [7, 11) is 0. The Balaban J connectivity index is 4.49. The number of carbonyl (C=O) groups excluding carboxylic acids is 1. The molecule has 0 amide bonds. The molecule has 0 spiro atoms. The minimum absolute atomic E-state index is 0.0421. The van der Waals surface area contributed by atoms with Crippen LogP contribution in [-0.4, -0.2) is 34.7 Å². The third-order valence-electron chi connectivity index (χ3n) is 2.12. The number of carbonyl (C=O) groups is 3. The summed E-state index contributed by atoms with van der Waals surface area (Å²) in [6.45, 7) is 5.10. The molecule has 0 radical (unpaired) electrons. The molecule has 0 aliphatic carbocycles. The van der Waals surface area contributed by atoms with Crippen molar-refractivity contribution in [1.29, 1.82) is 0 Å². The van der Waals surface area contributed by atoms with E-state index in [0.717, 1.165) is 0 Å². The molecule has 96 valence electrons. The molecule has 0 aliphatic rings. The molecular formula is C11H16O6. The number of rotatable bonds is 8. The van der Waals surface area contributed by atoms with Gasteiger partial charge in [0.2, 0.25) is 0 Å². The third kappa shape index (κ3) is 6.34. The lowest BCUT2D eigenvalue weighted by Crippen LogP contribution is -2.21. The Hall–Kier alpha value is -1.85. The molecule has 17 heavy (non-hydrogen) atoms. The number of aliphatic carboxylic acids is 2. The maximum absolute atomic E-state index is 11.5. The number of esters is 1. The normalized spacial score (nSPS) is 11.6. The zero-order valence-corrected chi connectivity index (χ0v) is 9.64. The van der Waals surface area contributed by atoms with E-state index < -0.39 is 23.8 Å². The average molecular weight is 244 g/mol. The van der Waals surface area contributed by atoms with Crippen molar-refractivity contribution in [2.75, 3.05) is 6.61 Å². The molecule has 0 saturated carbocycles. The van der Waals surface area contributed by atoms with Crippen LogP contribution in [0.25, 0.3) is 0 Å². The molecule has 2 N–H and O–H groups in total. The minimum Gasteiger partial charge on any atom is -0.481 e. The lowest BCUT2D eigenvalue weighted by Gasteiger charge is -2.14. The summed E-state index contributed by atoms with van der Waals surface area (Å²) < 4.78 is 4.75. The zero-order chi connectivity index (χ0) is 13.4.